The Kier molecular flexibility index (Phi) is 3.97. The van der Waals surface area contributed by atoms with Gasteiger partial charge < -0.3 is 10.1 Å². The number of carbonyl (C=O) groups is 1. The molecule has 0 aliphatic heterocycles. The predicted octanol–water partition coefficient (Wildman–Crippen LogP) is 1.35. The van der Waals surface area contributed by atoms with Crippen molar-refractivity contribution in [2.24, 2.45) is 0 Å². The number of hydrogen-bond donors (Lipinski definition) is 2. The van der Waals surface area contributed by atoms with E-state index >= 15 is 0 Å². The van der Waals surface area contributed by atoms with Crippen molar-refractivity contribution in [3.63, 3.8) is 0 Å². The van der Waals surface area contributed by atoms with Gasteiger partial charge in [0.15, 0.2) is 5.82 Å². The second-order valence-corrected chi connectivity index (χ2v) is 3.91. The lowest BCUT2D eigenvalue weighted by molar-refractivity contribution is 0.136. The highest BCUT2D eigenvalue weighted by molar-refractivity contribution is 5.67. The number of carbonyl (C=O) groups excluding carboxylic acids is 1. The summed E-state index contributed by atoms with van der Waals surface area (Å²) in [5, 5.41) is 6.00. The molecule has 0 aliphatic rings. The summed E-state index contributed by atoms with van der Waals surface area (Å²) in [6.07, 6.45) is -0.597. The number of H-pyrrole nitrogens is 1. The third kappa shape index (κ3) is 3.70. The minimum absolute atomic E-state index is 0.175. The molecule has 0 fully saturated rings. The number of alkyl carbamates (subject to hydrolysis) is 1. The van der Waals surface area contributed by atoms with E-state index in [2.05, 4.69) is 20.0 Å². The van der Waals surface area contributed by atoms with E-state index in [4.69, 9.17) is 4.74 Å². The van der Waals surface area contributed by atoms with Crippen molar-refractivity contribution >= 4 is 6.09 Å². The van der Waals surface area contributed by atoms with Gasteiger partial charge in [-0.25, -0.2) is 9.59 Å². The zero-order valence-corrected chi connectivity index (χ0v) is 10.3. The van der Waals surface area contributed by atoms with Gasteiger partial charge in [0.2, 0.25) is 0 Å². The van der Waals surface area contributed by atoms with E-state index in [9.17, 15) is 9.59 Å². The molecule has 1 aromatic carbocycles. The second kappa shape index (κ2) is 5.85. The summed E-state index contributed by atoms with van der Waals surface area (Å²) in [6.45, 7) is 1.83. The summed E-state index contributed by atoms with van der Waals surface area (Å²) in [4.78, 5) is 24.6. The predicted molar refractivity (Wildman–Crippen MR) is 65.3 cm³/mol. The van der Waals surface area contributed by atoms with Crippen LogP contribution in [0.4, 0.5) is 4.79 Å². The first kappa shape index (κ1) is 12.9. The fourth-order valence-electron chi connectivity index (χ4n) is 1.44. The van der Waals surface area contributed by atoms with Gasteiger partial charge >= 0.3 is 11.8 Å². The van der Waals surface area contributed by atoms with Crippen LogP contribution >= 0.6 is 0 Å². The molecule has 7 nitrogen and oxygen atoms in total. The van der Waals surface area contributed by atoms with Crippen LogP contribution in [0.5, 0.6) is 0 Å². The quantitative estimate of drug-likeness (QED) is 0.867. The summed E-state index contributed by atoms with van der Waals surface area (Å²) in [7, 11) is 0. The summed E-state index contributed by atoms with van der Waals surface area (Å²) in [6, 6.07) is 8.80. The first-order valence-corrected chi connectivity index (χ1v) is 5.68. The number of hydrogen-bond acceptors (Lipinski definition) is 5. The van der Waals surface area contributed by atoms with Gasteiger partial charge in [-0.15, -0.1) is 0 Å². The first-order chi connectivity index (χ1) is 9.15. The van der Waals surface area contributed by atoms with Gasteiger partial charge in [0.25, 0.3) is 0 Å². The molecule has 2 rings (SSSR count). The highest BCUT2D eigenvalue weighted by atomic mass is 16.5. The van der Waals surface area contributed by atoms with Crippen LogP contribution in [0.2, 0.25) is 0 Å². The van der Waals surface area contributed by atoms with Crippen molar-refractivity contribution < 1.29 is 14.1 Å². The normalized spacial score (nSPS) is 11.8. The molecule has 19 heavy (non-hydrogen) atoms. The highest BCUT2D eigenvalue weighted by Gasteiger charge is 2.14. The highest BCUT2D eigenvalue weighted by Crippen LogP contribution is 2.05. The maximum atomic E-state index is 11.5. The average molecular weight is 263 g/mol. The molecule has 1 heterocycles. The third-order valence-corrected chi connectivity index (χ3v) is 2.41. The molecule has 7 heteroatoms. The van der Waals surface area contributed by atoms with Gasteiger partial charge in [0.05, 0.1) is 6.04 Å². The molecule has 100 valence electrons. The second-order valence-electron chi connectivity index (χ2n) is 3.91. The molecule has 2 N–H and O–H groups in total. The van der Waals surface area contributed by atoms with E-state index in [0.29, 0.717) is 0 Å². The van der Waals surface area contributed by atoms with Crippen molar-refractivity contribution in [3.8, 4) is 0 Å². The number of aromatic amines is 1. The van der Waals surface area contributed by atoms with Crippen molar-refractivity contribution in [2.45, 2.75) is 19.6 Å². The Morgan fingerprint density at radius 2 is 2.21 bits per heavy atom. The Labute approximate surface area is 108 Å². The van der Waals surface area contributed by atoms with E-state index in [-0.39, 0.29) is 12.4 Å². The molecule has 0 aliphatic carbocycles. The fourth-order valence-corrected chi connectivity index (χ4v) is 1.44. The van der Waals surface area contributed by atoms with Crippen LogP contribution < -0.4 is 11.1 Å². The van der Waals surface area contributed by atoms with Gasteiger partial charge in [-0.1, -0.05) is 35.5 Å². The zero-order valence-electron chi connectivity index (χ0n) is 10.3. The van der Waals surface area contributed by atoms with Crippen LogP contribution in [-0.2, 0) is 11.3 Å². The Morgan fingerprint density at radius 3 is 2.84 bits per heavy atom. The van der Waals surface area contributed by atoms with Gasteiger partial charge in [0.1, 0.15) is 6.61 Å². The number of ether oxygens (including phenoxy) is 1. The maximum Gasteiger partial charge on any atom is 0.438 e. The van der Waals surface area contributed by atoms with Gasteiger partial charge in [-0.2, -0.15) is 0 Å². The lowest BCUT2D eigenvalue weighted by atomic mass is 10.2. The summed E-state index contributed by atoms with van der Waals surface area (Å²) in [5.41, 5.74) is 0.889. The largest absolute Gasteiger partial charge is 0.445 e. The van der Waals surface area contributed by atoms with E-state index < -0.39 is 17.9 Å². The molecule has 2 aromatic rings. The lowest BCUT2D eigenvalue weighted by Crippen LogP contribution is -2.28. The van der Waals surface area contributed by atoms with Crippen molar-refractivity contribution in [1.29, 1.82) is 0 Å². The Balaban J connectivity index is 1.83. The number of aromatic nitrogens is 2. The molecular formula is C12H13N3O4. The minimum Gasteiger partial charge on any atom is -0.445 e. The molecule has 0 spiro atoms. The van der Waals surface area contributed by atoms with E-state index in [0.717, 1.165) is 5.56 Å². The molecule has 0 saturated carbocycles. The number of benzene rings is 1. The smallest absolute Gasteiger partial charge is 0.438 e. The summed E-state index contributed by atoms with van der Waals surface area (Å²) >= 11 is 0. The summed E-state index contributed by atoms with van der Waals surface area (Å²) < 4.78 is 9.37. The minimum atomic E-state index is -0.665. The Morgan fingerprint density at radius 1 is 1.47 bits per heavy atom. The van der Waals surface area contributed by atoms with E-state index in [1.165, 1.54) is 0 Å². The topological polar surface area (TPSA) is 97.2 Å². The van der Waals surface area contributed by atoms with Gasteiger partial charge in [0, 0.05) is 0 Å². The third-order valence-electron chi connectivity index (χ3n) is 2.41. The molecule has 1 unspecified atom stereocenters. The number of nitrogens with zero attached hydrogens (tertiary/aromatic N) is 1. The standard InChI is InChI=1S/C12H13N3O4/c1-8(10-14-12(17)19-15-10)13-11(16)18-7-9-5-3-2-4-6-9/h2-6,8H,7H2,1H3,(H,13,16)(H,14,15,17). The van der Waals surface area contributed by atoms with Crippen LogP contribution in [0.25, 0.3) is 0 Å². The van der Waals surface area contributed by atoms with Crippen molar-refractivity contribution in [3.05, 3.63) is 52.3 Å². The van der Waals surface area contributed by atoms with Crippen molar-refractivity contribution in [1.82, 2.24) is 15.5 Å². The lowest BCUT2D eigenvalue weighted by Gasteiger charge is -2.10. The summed E-state index contributed by atoms with van der Waals surface area (Å²) in [5.74, 6) is -0.428. The molecule has 1 atom stereocenters. The molecule has 0 saturated heterocycles. The number of amides is 1. The van der Waals surface area contributed by atoms with E-state index in [1.807, 2.05) is 30.3 Å². The number of nitrogens with one attached hydrogen (secondary N) is 2. The molecule has 0 radical (unpaired) electrons. The number of rotatable bonds is 4. The van der Waals surface area contributed by atoms with Crippen LogP contribution in [0.15, 0.2) is 39.6 Å². The van der Waals surface area contributed by atoms with Crippen LogP contribution in [0.3, 0.4) is 0 Å². The SMILES string of the molecule is CC(NC(=O)OCc1ccccc1)c1noc(=O)[nH]1. The monoisotopic (exact) mass is 263 g/mol. The zero-order chi connectivity index (χ0) is 13.7. The molecule has 1 amide bonds. The molecule has 0 bridgehead atoms. The van der Waals surface area contributed by atoms with Crippen LogP contribution in [0.1, 0.15) is 24.4 Å². The fraction of sp³-hybridized carbons (Fsp3) is 0.250. The van der Waals surface area contributed by atoms with Crippen molar-refractivity contribution in [2.75, 3.05) is 0 Å². The molecular weight excluding hydrogens is 250 g/mol. The van der Waals surface area contributed by atoms with Crippen LogP contribution in [-0.4, -0.2) is 16.2 Å². The van der Waals surface area contributed by atoms with E-state index in [1.54, 1.807) is 6.92 Å². The Bertz CT molecular complexity index is 590. The Hall–Kier alpha value is -2.57. The van der Waals surface area contributed by atoms with Gasteiger partial charge in [-0.3, -0.25) is 9.51 Å². The maximum absolute atomic E-state index is 11.5. The van der Waals surface area contributed by atoms with Gasteiger partial charge in [-0.05, 0) is 12.5 Å². The first-order valence-electron chi connectivity index (χ1n) is 5.68. The molecule has 1 aromatic heterocycles. The van der Waals surface area contributed by atoms with Crippen LogP contribution in [0, 0.1) is 0 Å². The average Bonchev–Trinajstić information content (AvgIpc) is 2.84.